The van der Waals surface area contributed by atoms with Crippen LogP contribution in [0.1, 0.15) is 32.6 Å². The number of likely N-dealkylation sites (tertiary alicyclic amines) is 1. The number of carbonyl (C=O) groups is 3. The van der Waals surface area contributed by atoms with E-state index in [9.17, 15) is 19.5 Å². The number of fused-ring (bicyclic) bond motifs is 3. The van der Waals surface area contributed by atoms with Crippen molar-refractivity contribution < 1.29 is 29.0 Å². The molecule has 0 aliphatic carbocycles. The third-order valence-corrected chi connectivity index (χ3v) is 8.50. The summed E-state index contributed by atoms with van der Waals surface area (Å²) in [5.41, 5.74) is -0.930. The molecule has 5 atom stereocenters. The average molecular weight is 536 g/mol. The largest absolute Gasteiger partial charge is 0.465 e. The summed E-state index contributed by atoms with van der Waals surface area (Å²) in [5.74, 6) is -2.93. The van der Waals surface area contributed by atoms with Gasteiger partial charge in [-0.05, 0) is 37.8 Å². The molecule has 39 heavy (non-hydrogen) atoms. The third-order valence-electron chi connectivity index (χ3n) is 8.50. The number of para-hydroxylation sites is 1. The Bertz CT molecular complexity index is 1350. The Kier molecular flexibility index (Phi) is 6.50. The van der Waals surface area contributed by atoms with Gasteiger partial charge in [-0.3, -0.25) is 14.4 Å². The van der Waals surface area contributed by atoms with Crippen LogP contribution in [0.5, 0.6) is 0 Å². The predicted molar refractivity (Wildman–Crippen MR) is 139 cm³/mol. The highest BCUT2D eigenvalue weighted by Crippen LogP contribution is 2.58. The molecule has 5 heterocycles. The first kappa shape index (κ1) is 25.7. The van der Waals surface area contributed by atoms with Gasteiger partial charge in [0.2, 0.25) is 5.91 Å². The monoisotopic (exact) mass is 535 g/mol. The molecule has 206 valence electrons. The fourth-order valence-electron chi connectivity index (χ4n) is 6.71. The summed E-state index contributed by atoms with van der Waals surface area (Å²) in [6, 6.07) is 6.50. The van der Waals surface area contributed by atoms with Gasteiger partial charge in [0.15, 0.2) is 0 Å². The first-order chi connectivity index (χ1) is 19.0. The first-order valence-electron chi connectivity index (χ1n) is 13.7. The standard InChI is InChI=1S/C28H33N5O6/c1-2-27-12-6-3-7-17-38-26(37)22(27)21-24(35)32(15-9-16-34)23-25(36)31(14-8-13-28(21,23)39-27)18-33-20-11-5-4-10-19(20)29-30-33/h4-6,8,10-13,21-23,34H,2-3,7,9,14-18H2,1H3/b12-6-/t21-,22+,23?,27-,28-/m0/s1. The zero-order chi connectivity index (χ0) is 27.2. The Morgan fingerprint density at radius 3 is 2.77 bits per heavy atom. The Hall–Kier alpha value is -3.57. The van der Waals surface area contributed by atoms with Gasteiger partial charge in [0.05, 0.1) is 18.0 Å². The van der Waals surface area contributed by atoms with Gasteiger partial charge in [-0.1, -0.05) is 48.6 Å². The highest BCUT2D eigenvalue weighted by atomic mass is 16.6. The number of hydrogen-bond acceptors (Lipinski definition) is 8. The maximum absolute atomic E-state index is 14.4. The normalized spacial score (nSPS) is 33.2. The van der Waals surface area contributed by atoms with Gasteiger partial charge >= 0.3 is 5.97 Å². The number of carbonyl (C=O) groups excluding carboxylic acids is 3. The number of ether oxygens (including phenoxy) is 2. The van der Waals surface area contributed by atoms with E-state index in [0.717, 1.165) is 11.9 Å². The van der Waals surface area contributed by atoms with Crippen LogP contribution < -0.4 is 0 Å². The van der Waals surface area contributed by atoms with E-state index in [2.05, 4.69) is 10.3 Å². The second-order valence-corrected chi connectivity index (χ2v) is 10.6. The molecule has 11 nitrogen and oxygen atoms in total. The first-order valence-corrected chi connectivity index (χ1v) is 13.7. The summed E-state index contributed by atoms with van der Waals surface area (Å²) in [6.07, 6.45) is 9.69. The summed E-state index contributed by atoms with van der Waals surface area (Å²) >= 11 is 0. The van der Waals surface area contributed by atoms with Crippen molar-refractivity contribution in [3.8, 4) is 0 Å². The summed E-state index contributed by atoms with van der Waals surface area (Å²) in [4.78, 5) is 45.2. The van der Waals surface area contributed by atoms with Gasteiger partial charge < -0.3 is 24.4 Å². The number of nitrogens with zero attached hydrogens (tertiary/aromatic N) is 5. The lowest BCUT2D eigenvalue weighted by Gasteiger charge is -2.38. The molecule has 2 amide bonds. The van der Waals surface area contributed by atoms with Crippen LogP contribution in [0.15, 0.2) is 48.6 Å². The van der Waals surface area contributed by atoms with Gasteiger partial charge in [-0.15, -0.1) is 5.10 Å². The van der Waals surface area contributed by atoms with Crippen molar-refractivity contribution in [1.29, 1.82) is 0 Å². The Morgan fingerprint density at radius 1 is 1.10 bits per heavy atom. The molecular weight excluding hydrogens is 502 g/mol. The SMILES string of the molecule is CC[C@]12/C=C\CCCOC(=O)[C@H]1[C@H]1C(=O)N(CCCO)C3C(=O)N(Cn4nnc5ccccc54)CC=C[C@@]31O2. The Morgan fingerprint density at radius 2 is 1.95 bits per heavy atom. The van der Waals surface area contributed by atoms with Gasteiger partial charge in [-0.2, -0.15) is 0 Å². The number of hydrogen-bond donors (Lipinski definition) is 1. The van der Waals surface area contributed by atoms with E-state index >= 15 is 0 Å². The molecule has 6 rings (SSSR count). The molecule has 0 saturated carbocycles. The summed E-state index contributed by atoms with van der Waals surface area (Å²) in [6.45, 7) is 2.62. The van der Waals surface area contributed by atoms with Crippen LogP contribution in [0.3, 0.4) is 0 Å². The van der Waals surface area contributed by atoms with E-state index in [1.807, 2.05) is 55.5 Å². The summed E-state index contributed by atoms with van der Waals surface area (Å²) in [5, 5.41) is 18.0. The van der Waals surface area contributed by atoms with Gasteiger partial charge in [0.1, 0.15) is 35.3 Å². The maximum atomic E-state index is 14.4. The van der Waals surface area contributed by atoms with Crippen LogP contribution in [0, 0.1) is 11.8 Å². The van der Waals surface area contributed by atoms with E-state index in [1.165, 1.54) is 4.90 Å². The van der Waals surface area contributed by atoms with Crippen molar-refractivity contribution in [3.63, 3.8) is 0 Å². The van der Waals surface area contributed by atoms with Crippen LogP contribution in [-0.2, 0) is 30.5 Å². The second-order valence-electron chi connectivity index (χ2n) is 10.6. The molecule has 1 unspecified atom stereocenters. The summed E-state index contributed by atoms with van der Waals surface area (Å²) in [7, 11) is 0. The number of aliphatic hydroxyl groups is 1. The van der Waals surface area contributed by atoms with Gasteiger partial charge in [0.25, 0.3) is 5.91 Å². The molecule has 0 bridgehead atoms. The van der Waals surface area contributed by atoms with E-state index in [1.54, 1.807) is 9.58 Å². The van der Waals surface area contributed by atoms with Crippen LogP contribution in [0.25, 0.3) is 11.0 Å². The fourth-order valence-corrected chi connectivity index (χ4v) is 6.71. The lowest BCUT2D eigenvalue weighted by molar-refractivity contribution is -0.161. The van der Waals surface area contributed by atoms with Crippen LogP contribution in [-0.4, -0.2) is 91.2 Å². The molecule has 4 aliphatic rings. The number of allylic oxidation sites excluding steroid dienone is 1. The molecule has 11 heteroatoms. The van der Waals surface area contributed by atoms with Crippen molar-refractivity contribution in [2.24, 2.45) is 11.8 Å². The van der Waals surface area contributed by atoms with Gasteiger partial charge in [-0.25, -0.2) is 4.68 Å². The van der Waals surface area contributed by atoms with Crippen molar-refractivity contribution >= 4 is 28.8 Å². The smallest absolute Gasteiger partial charge is 0.313 e. The van der Waals surface area contributed by atoms with E-state index < -0.39 is 35.0 Å². The number of aromatic nitrogens is 3. The zero-order valence-electron chi connectivity index (χ0n) is 21.9. The number of esters is 1. The fraction of sp³-hybridized carbons (Fsp3) is 0.536. The third kappa shape index (κ3) is 3.89. The van der Waals surface area contributed by atoms with E-state index in [0.29, 0.717) is 24.8 Å². The van der Waals surface area contributed by atoms with Crippen LogP contribution >= 0.6 is 0 Å². The molecule has 4 aliphatic heterocycles. The van der Waals surface area contributed by atoms with Crippen molar-refractivity contribution in [2.45, 2.75) is 56.5 Å². The van der Waals surface area contributed by atoms with Crippen molar-refractivity contribution in [2.75, 3.05) is 26.3 Å². The number of benzene rings is 1. The molecule has 2 saturated heterocycles. The molecule has 2 fully saturated rings. The lowest BCUT2D eigenvalue weighted by Crippen LogP contribution is -2.56. The molecular formula is C28H33N5O6. The molecule has 1 spiro atoms. The topological polar surface area (TPSA) is 127 Å². The zero-order valence-corrected chi connectivity index (χ0v) is 21.9. The Labute approximate surface area is 226 Å². The molecule has 0 radical (unpaired) electrons. The highest BCUT2D eigenvalue weighted by molar-refractivity contribution is 5.99. The number of amides is 2. The quantitative estimate of drug-likeness (QED) is 0.435. The van der Waals surface area contributed by atoms with E-state index in [4.69, 9.17) is 9.47 Å². The van der Waals surface area contributed by atoms with Crippen molar-refractivity contribution in [1.82, 2.24) is 24.8 Å². The lowest BCUT2D eigenvalue weighted by atomic mass is 9.73. The minimum absolute atomic E-state index is 0.132. The summed E-state index contributed by atoms with van der Waals surface area (Å²) < 4.78 is 14.2. The van der Waals surface area contributed by atoms with Crippen LogP contribution in [0.4, 0.5) is 0 Å². The minimum atomic E-state index is -1.36. The highest BCUT2D eigenvalue weighted by Gasteiger charge is 2.75. The number of cyclic esters (lactones) is 1. The molecule has 1 aromatic carbocycles. The molecule has 1 N–H and O–H groups in total. The molecule has 1 aromatic heterocycles. The second kappa shape index (κ2) is 9.87. The average Bonchev–Trinajstić information content (AvgIpc) is 3.53. The Balaban J connectivity index is 1.43. The number of aliphatic hydroxyl groups excluding tert-OH is 1. The predicted octanol–water partition coefficient (Wildman–Crippen LogP) is 1.42. The van der Waals surface area contributed by atoms with Crippen molar-refractivity contribution in [3.05, 3.63) is 48.6 Å². The molecule has 2 aromatic rings. The maximum Gasteiger partial charge on any atom is 0.313 e. The van der Waals surface area contributed by atoms with Crippen LogP contribution in [0.2, 0.25) is 0 Å². The minimum Gasteiger partial charge on any atom is -0.465 e. The van der Waals surface area contributed by atoms with Gasteiger partial charge in [0, 0.05) is 19.7 Å². The number of rotatable bonds is 6. The van der Waals surface area contributed by atoms with E-state index in [-0.39, 0.29) is 44.8 Å².